The molecule has 1 aliphatic rings. The summed E-state index contributed by atoms with van der Waals surface area (Å²) in [5.74, 6) is 0.534. The van der Waals surface area contributed by atoms with Crippen molar-refractivity contribution in [3.05, 3.63) is 95.3 Å². The number of amides is 2. The molecule has 1 aliphatic heterocycles. The van der Waals surface area contributed by atoms with Crippen molar-refractivity contribution in [3.63, 3.8) is 0 Å². The van der Waals surface area contributed by atoms with E-state index in [-0.39, 0.29) is 23.7 Å². The predicted octanol–water partition coefficient (Wildman–Crippen LogP) is 3.20. The van der Waals surface area contributed by atoms with Crippen molar-refractivity contribution >= 4 is 11.8 Å². The van der Waals surface area contributed by atoms with Crippen LogP contribution < -0.4 is 20.5 Å². The van der Waals surface area contributed by atoms with Gasteiger partial charge in [0.25, 0.3) is 5.91 Å². The summed E-state index contributed by atoms with van der Waals surface area (Å²) in [4.78, 5) is 30.8. The number of nitrogens with zero attached hydrogens (tertiary/aromatic N) is 2. The van der Waals surface area contributed by atoms with Crippen LogP contribution in [0.2, 0.25) is 0 Å². The molecule has 2 unspecified atom stereocenters. The molecule has 3 aromatic rings. The Labute approximate surface area is 228 Å². The third-order valence-electron chi connectivity index (χ3n) is 6.94. The number of hydrogen-bond acceptors (Lipinski definition) is 6. The molecule has 2 atom stereocenters. The lowest BCUT2D eigenvalue weighted by molar-refractivity contribution is -0.124. The molecule has 0 radical (unpaired) electrons. The number of nitrogens with two attached hydrogens (primary N) is 1. The molecular weight excluding hydrogens is 499 g/mol. The summed E-state index contributed by atoms with van der Waals surface area (Å²) in [6, 6.07) is 20.3. The smallest absolute Gasteiger partial charge is 0.254 e. The Kier molecular flexibility index (Phi) is 9.51. The van der Waals surface area contributed by atoms with Crippen molar-refractivity contribution in [2.75, 3.05) is 33.9 Å². The zero-order chi connectivity index (χ0) is 27.8. The second kappa shape index (κ2) is 13.2. The molecule has 0 spiro atoms. The standard InChI is InChI=1S/C30H35FN4O4/c1-38-26-7-3-5-22(15-26)19-34(18-21-9-11-24(31)12-10-21)25-17-28(29(36)33-14-13-32)35(20-25)30(37)23-6-4-8-27(16-23)39-2/h3-12,15-16,25,28H,13-14,17-20,32H2,1-2H3,(H,33,36). The Bertz CT molecular complexity index is 1270. The summed E-state index contributed by atoms with van der Waals surface area (Å²) in [5.41, 5.74) is 8.03. The van der Waals surface area contributed by atoms with Crippen LogP contribution in [0.25, 0.3) is 0 Å². The minimum Gasteiger partial charge on any atom is -0.497 e. The van der Waals surface area contributed by atoms with Crippen molar-refractivity contribution in [2.45, 2.75) is 31.6 Å². The maximum absolute atomic E-state index is 13.7. The van der Waals surface area contributed by atoms with Crippen molar-refractivity contribution in [3.8, 4) is 11.5 Å². The SMILES string of the molecule is COc1cccc(CN(Cc2ccc(F)cc2)C2CC(C(=O)NCCN)N(C(=O)c3cccc(OC)c3)C2)c1. The highest BCUT2D eigenvalue weighted by atomic mass is 19.1. The molecule has 0 aromatic heterocycles. The van der Waals surface area contributed by atoms with E-state index in [0.29, 0.717) is 50.5 Å². The van der Waals surface area contributed by atoms with Gasteiger partial charge in [-0.3, -0.25) is 14.5 Å². The van der Waals surface area contributed by atoms with E-state index in [1.54, 1.807) is 55.5 Å². The molecule has 9 heteroatoms. The van der Waals surface area contributed by atoms with E-state index >= 15 is 0 Å². The summed E-state index contributed by atoms with van der Waals surface area (Å²) >= 11 is 0. The first-order valence-electron chi connectivity index (χ1n) is 13.0. The molecule has 0 aliphatic carbocycles. The van der Waals surface area contributed by atoms with E-state index in [9.17, 15) is 14.0 Å². The Morgan fingerprint density at radius 1 is 0.974 bits per heavy atom. The van der Waals surface area contributed by atoms with Gasteiger partial charge >= 0.3 is 0 Å². The normalized spacial score (nSPS) is 16.8. The fourth-order valence-electron chi connectivity index (χ4n) is 4.93. The first-order chi connectivity index (χ1) is 18.9. The highest BCUT2D eigenvalue weighted by molar-refractivity contribution is 5.98. The number of benzene rings is 3. The van der Waals surface area contributed by atoms with Gasteiger partial charge in [0.05, 0.1) is 14.2 Å². The predicted molar refractivity (Wildman–Crippen MR) is 147 cm³/mol. The van der Waals surface area contributed by atoms with Crippen LogP contribution in [0, 0.1) is 5.82 Å². The fourth-order valence-corrected chi connectivity index (χ4v) is 4.93. The number of ether oxygens (including phenoxy) is 2. The number of carbonyl (C=O) groups is 2. The number of methoxy groups -OCH3 is 2. The average Bonchev–Trinajstić information content (AvgIpc) is 3.42. The van der Waals surface area contributed by atoms with E-state index in [1.165, 1.54) is 12.1 Å². The molecule has 39 heavy (non-hydrogen) atoms. The Morgan fingerprint density at radius 2 is 1.64 bits per heavy atom. The molecule has 1 fully saturated rings. The second-order valence-corrected chi connectivity index (χ2v) is 9.56. The molecule has 0 saturated carbocycles. The van der Waals surface area contributed by atoms with Gasteiger partial charge < -0.3 is 25.4 Å². The van der Waals surface area contributed by atoms with Gasteiger partial charge in [-0.2, -0.15) is 0 Å². The molecule has 2 amide bonds. The molecule has 4 rings (SSSR count). The van der Waals surface area contributed by atoms with Gasteiger partial charge in [-0.1, -0.05) is 30.3 Å². The van der Waals surface area contributed by atoms with E-state index in [1.807, 2.05) is 24.3 Å². The molecule has 206 valence electrons. The van der Waals surface area contributed by atoms with Crippen LogP contribution in [-0.4, -0.2) is 67.6 Å². The van der Waals surface area contributed by atoms with Gasteiger partial charge in [-0.05, 0) is 60.0 Å². The number of likely N-dealkylation sites (tertiary alicyclic amines) is 1. The number of carbonyl (C=O) groups excluding carboxylic acids is 2. The lowest BCUT2D eigenvalue weighted by Crippen LogP contribution is -2.47. The Hall–Kier alpha value is -3.95. The highest BCUT2D eigenvalue weighted by Crippen LogP contribution is 2.29. The van der Waals surface area contributed by atoms with Gasteiger partial charge in [0.15, 0.2) is 0 Å². The Morgan fingerprint density at radius 3 is 2.33 bits per heavy atom. The summed E-state index contributed by atoms with van der Waals surface area (Å²) in [7, 11) is 3.17. The summed E-state index contributed by atoms with van der Waals surface area (Å²) in [6.45, 7) is 2.04. The van der Waals surface area contributed by atoms with Crippen LogP contribution in [0.3, 0.4) is 0 Å². The van der Waals surface area contributed by atoms with Crippen LogP contribution in [0.5, 0.6) is 11.5 Å². The number of nitrogens with one attached hydrogen (secondary N) is 1. The number of halogens is 1. The Balaban J connectivity index is 1.64. The first-order valence-corrected chi connectivity index (χ1v) is 13.0. The van der Waals surface area contributed by atoms with Gasteiger partial charge in [0.2, 0.25) is 5.91 Å². The number of hydrogen-bond donors (Lipinski definition) is 2. The van der Waals surface area contributed by atoms with E-state index in [2.05, 4.69) is 10.2 Å². The zero-order valence-electron chi connectivity index (χ0n) is 22.3. The van der Waals surface area contributed by atoms with Gasteiger partial charge in [-0.25, -0.2) is 4.39 Å². The summed E-state index contributed by atoms with van der Waals surface area (Å²) < 4.78 is 24.3. The van der Waals surface area contributed by atoms with Crippen LogP contribution >= 0.6 is 0 Å². The van der Waals surface area contributed by atoms with Crippen molar-refractivity contribution in [1.29, 1.82) is 0 Å². The molecule has 1 heterocycles. The van der Waals surface area contributed by atoms with Crippen LogP contribution in [0.15, 0.2) is 72.8 Å². The van der Waals surface area contributed by atoms with Crippen LogP contribution in [0.4, 0.5) is 4.39 Å². The minimum atomic E-state index is -0.665. The van der Waals surface area contributed by atoms with Crippen molar-refractivity contribution in [1.82, 2.24) is 15.1 Å². The van der Waals surface area contributed by atoms with E-state index in [0.717, 1.165) is 16.9 Å². The van der Waals surface area contributed by atoms with Gasteiger partial charge in [0, 0.05) is 44.3 Å². The molecule has 3 N–H and O–H groups in total. The summed E-state index contributed by atoms with van der Waals surface area (Å²) in [6.07, 6.45) is 0.442. The second-order valence-electron chi connectivity index (χ2n) is 9.56. The fraction of sp³-hybridized carbons (Fsp3) is 0.333. The first kappa shape index (κ1) is 28.1. The lowest BCUT2D eigenvalue weighted by atomic mass is 10.1. The van der Waals surface area contributed by atoms with E-state index in [4.69, 9.17) is 15.2 Å². The zero-order valence-corrected chi connectivity index (χ0v) is 22.3. The third-order valence-corrected chi connectivity index (χ3v) is 6.94. The maximum atomic E-state index is 13.7. The van der Waals surface area contributed by atoms with E-state index < -0.39 is 6.04 Å². The maximum Gasteiger partial charge on any atom is 0.254 e. The van der Waals surface area contributed by atoms with Gasteiger partial charge in [0.1, 0.15) is 23.4 Å². The highest BCUT2D eigenvalue weighted by Gasteiger charge is 2.42. The average molecular weight is 535 g/mol. The van der Waals surface area contributed by atoms with Crippen molar-refractivity contribution < 1.29 is 23.5 Å². The van der Waals surface area contributed by atoms with Crippen LogP contribution in [0.1, 0.15) is 27.9 Å². The molecule has 3 aromatic carbocycles. The topological polar surface area (TPSA) is 97.1 Å². The third kappa shape index (κ3) is 7.13. The summed E-state index contributed by atoms with van der Waals surface area (Å²) in [5, 5.41) is 2.85. The monoisotopic (exact) mass is 534 g/mol. The van der Waals surface area contributed by atoms with Crippen LogP contribution in [-0.2, 0) is 17.9 Å². The quantitative estimate of drug-likeness (QED) is 0.392. The molecule has 8 nitrogen and oxygen atoms in total. The molecular formula is C30H35FN4O4. The molecule has 0 bridgehead atoms. The largest absolute Gasteiger partial charge is 0.497 e. The number of rotatable bonds is 11. The van der Waals surface area contributed by atoms with Gasteiger partial charge in [-0.15, -0.1) is 0 Å². The lowest BCUT2D eigenvalue weighted by Gasteiger charge is -2.29. The minimum absolute atomic E-state index is 0.135. The molecule has 1 saturated heterocycles. The van der Waals surface area contributed by atoms with Crippen molar-refractivity contribution in [2.24, 2.45) is 5.73 Å².